The molecule has 1 heterocycles. The van der Waals surface area contributed by atoms with Crippen LogP contribution in [0, 0.1) is 6.92 Å². The Kier molecular flexibility index (Phi) is 4.54. The average Bonchev–Trinajstić information content (AvgIpc) is 3.09. The number of carbonyl (C=O) groups is 1. The molecule has 0 aliphatic carbocycles. The summed E-state index contributed by atoms with van der Waals surface area (Å²) in [5, 5.41) is 1.52. The van der Waals surface area contributed by atoms with Gasteiger partial charge in [-0.1, -0.05) is 54.6 Å². The highest BCUT2D eigenvalue weighted by Crippen LogP contribution is 2.31. The van der Waals surface area contributed by atoms with Crippen LogP contribution in [0.1, 0.15) is 35.4 Å². The van der Waals surface area contributed by atoms with E-state index in [1.165, 1.54) is 21.8 Å². The first-order valence-electron chi connectivity index (χ1n) is 7.79. The van der Waals surface area contributed by atoms with Crippen molar-refractivity contribution in [3.8, 4) is 0 Å². The van der Waals surface area contributed by atoms with Gasteiger partial charge in [-0.05, 0) is 30.0 Å². The third-order valence-corrected chi connectivity index (χ3v) is 4.18. The Morgan fingerprint density at radius 2 is 1.86 bits per heavy atom. The second-order valence-electron chi connectivity index (χ2n) is 5.71. The van der Waals surface area contributed by atoms with Gasteiger partial charge >= 0.3 is 0 Å². The molecule has 1 atom stereocenters. The van der Waals surface area contributed by atoms with Crippen LogP contribution >= 0.6 is 0 Å². The lowest BCUT2D eigenvalue weighted by Gasteiger charge is -2.22. The molecule has 2 aromatic carbocycles. The molecule has 2 aromatic rings. The lowest BCUT2D eigenvalue weighted by molar-refractivity contribution is -0.168. The summed E-state index contributed by atoms with van der Waals surface area (Å²) >= 11 is 0. The monoisotopic (exact) mass is 295 g/mol. The minimum absolute atomic E-state index is 0.0645. The highest BCUT2D eigenvalue weighted by molar-refractivity contribution is 5.77. The summed E-state index contributed by atoms with van der Waals surface area (Å²) in [6, 6.07) is 18.5. The molecule has 3 nitrogen and oxygen atoms in total. The van der Waals surface area contributed by atoms with E-state index in [1.54, 1.807) is 0 Å². The van der Waals surface area contributed by atoms with Gasteiger partial charge in [0.05, 0.1) is 13.2 Å². The van der Waals surface area contributed by atoms with Gasteiger partial charge in [0.2, 0.25) is 5.91 Å². The molecule has 3 rings (SSSR count). The predicted molar refractivity (Wildman–Crippen MR) is 86.4 cm³/mol. The molecule has 1 aliphatic rings. The van der Waals surface area contributed by atoms with Crippen molar-refractivity contribution in [2.24, 2.45) is 0 Å². The normalized spacial score (nSPS) is 15.8. The maximum absolute atomic E-state index is 12.5. The second kappa shape index (κ2) is 6.75. The molecule has 0 spiro atoms. The maximum atomic E-state index is 12.5. The molecule has 0 bridgehead atoms. The Bertz CT molecular complexity index is 633. The molecule has 22 heavy (non-hydrogen) atoms. The summed E-state index contributed by atoms with van der Waals surface area (Å²) in [6.45, 7) is 3.45. The van der Waals surface area contributed by atoms with Crippen LogP contribution in [-0.2, 0) is 9.63 Å². The van der Waals surface area contributed by atoms with Crippen molar-refractivity contribution in [3.63, 3.8) is 0 Å². The first-order valence-corrected chi connectivity index (χ1v) is 7.79. The molecular formula is C19H21NO2. The number of hydroxylamine groups is 2. The van der Waals surface area contributed by atoms with Gasteiger partial charge in [-0.25, -0.2) is 5.06 Å². The van der Waals surface area contributed by atoms with Gasteiger partial charge in [-0.3, -0.25) is 9.63 Å². The smallest absolute Gasteiger partial charge is 0.247 e. The van der Waals surface area contributed by atoms with E-state index in [-0.39, 0.29) is 11.8 Å². The third kappa shape index (κ3) is 3.20. The average molecular weight is 295 g/mol. The van der Waals surface area contributed by atoms with Gasteiger partial charge in [0, 0.05) is 12.3 Å². The summed E-state index contributed by atoms with van der Waals surface area (Å²) in [7, 11) is 0. The molecular weight excluding hydrogens is 274 g/mol. The molecule has 0 radical (unpaired) electrons. The third-order valence-electron chi connectivity index (χ3n) is 4.18. The van der Waals surface area contributed by atoms with Crippen LogP contribution < -0.4 is 0 Å². The van der Waals surface area contributed by atoms with E-state index in [0.29, 0.717) is 19.6 Å². The minimum atomic E-state index is 0.0645. The van der Waals surface area contributed by atoms with Crippen LogP contribution in [-0.4, -0.2) is 24.1 Å². The van der Waals surface area contributed by atoms with Crippen molar-refractivity contribution in [2.75, 3.05) is 13.2 Å². The fourth-order valence-electron chi connectivity index (χ4n) is 2.99. The van der Waals surface area contributed by atoms with E-state index in [0.717, 1.165) is 6.42 Å². The number of aryl methyl sites for hydroxylation is 1. The van der Waals surface area contributed by atoms with Crippen molar-refractivity contribution >= 4 is 5.91 Å². The minimum Gasteiger partial charge on any atom is -0.273 e. The molecule has 1 saturated heterocycles. The summed E-state index contributed by atoms with van der Waals surface area (Å²) in [4.78, 5) is 17.9. The van der Waals surface area contributed by atoms with E-state index in [4.69, 9.17) is 4.84 Å². The Morgan fingerprint density at radius 1 is 1.14 bits per heavy atom. The number of amides is 1. The van der Waals surface area contributed by atoms with Crippen molar-refractivity contribution in [1.82, 2.24) is 5.06 Å². The molecule has 3 heteroatoms. The molecule has 0 saturated carbocycles. The van der Waals surface area contributed by atoms with E-state index in [1.807, 2.05) is 30.3 Å². The lowest BCUT2D eigenvalue weighted by atomic mass is 9.86. The van der Waals surface area contributed by atoms with Gasteiger partial charge in [-0.2, -0.15) is 0 Å². The maximum Gasteiger partial charge on any atom is 0.247 e. The van der Waals surface area contributed by atoms with E-state index < -0.39 is 0 Å². The van der Waals surface area contributed by atoms with Crippen molar-refractivity contribution in [1.29, 1.82) is 0 Å². The molecule has 0 unspecified atom stereocenters. The van der Waals surface area contributed by atoms with Gasteiger partial charge in [0.25, 0.3) is 0 Å². The number of carbonyl (C=O) groups excluding carboxylic acids is 1. The topological polar surface area (TPSA) is 29.5 Å². The zero-order valence-corrected chi connectivity index (χ0v) is 12.9. The summed E-state index contributed by atoms with van der Waals surface area (Å²) < 4.78 is 0. The molecule has 1 fully saturated rings. The Hall–Kier alpha value is -2.13. The fourth-order valence-corrected chi connectivity index (χ4v) is 2.99. The second-order valence-corrected chi connectivity index (χ2v) is 5.71. The highest BCUT2D eigenvalue weighted by atomic mass is 16.7. The standard InChI is InChI=1S/C19H21NO2/c1-15-8-5-6-11-17(15)18(16-9-3-2-4-10-16)14-19(21)20-12-7-13-22-20/h2-6,8-11,18H,7,12-14H2,1H3/t18-/m0/s1. The number of nitrogens with zero attached hydrogens (tertiary/aromatic N) is 1. The Balaban J connectivity index is 1.90. The first kappa shape index (κ1) is 14.8. The molecule has 1 aliphatic heterocycles. The summed E-state index contributed by atoms with van der Waals surface area (Å²) in [5.74, 6) is 0.133. The first-order chi connectivity index (χ1) is 10.8. The quantitative estimate of drug-likeness (QED) is 0.861. The predicted octanol–water partition coefficient (Wildman–Crippen LogP) is 3.68. The van der Waals surface area contributed by atoms with Crippen LogP contribution in [0.4, 0.5) is 0 Å². The van der Waals surface area contributed by atoms with E-state index in [9.17, 15) is 4.79 Å². The summed E-state index contributed by atoms with van der Waals surface area (Å²) in [6.07, 6.45) is 1.36. The Labute approximate surface area is 131 Å². The molecule has 114 valence electrons. The number of hydrogen-bond donors (Lipinski definition) is 0. The Morgan fingerprint density at radius 3 is 2.55 bits per heavy atom. The van der Waals surface area contributed by atoms with Crippen LogP contribution in [0.5, 0.6) is 0 Å². The van der Waals surface area contributed by atoms with Gasteiger partial charge in [-0.15, -0.1) is 0 Å². The number of rotatable bonds is 4. The van der Waals surface area contributed by atoms with Crippen LogP contribution in [0.25, 0.3) is 0 Å². The fraction of sp³-hybridized carbons (Fsp3) is 0.316. The highest BCUT2D eigenvalue weighted by Gasteiger charge is 2.25. The number of hydrogen-bond acceptors (Lipinski definition) is 2. The van der Waals surface area contributed by atoms with Crippen LogP contribution in [0.3, 0.4) is 0 Å². The lowest BCUT2D eigenvalue weighted by Crippen LogP contribution is -2.28. The van der Waals surface area contributed by atoms with Gasteiger partial charge < -0.3 is 0 Å². The van der Waals surface area contributed by atoms with Gasteiger partial charge in [0.1, 0.15) is 0 Å². The zero-order chi connectivity index (χ0) is 15.4. The van der Waals surface area contributed by atoms with Crippen LogP contribution in [0.15, 0.2) is 54.6 Å². The molecule has 0 aromatic heterocycles. The molecule has 1 amide bonds. The van der Waals surface area contributed by atoms with Crippen LogP contribution in [0.2, 0.25) is 0 Å². The van der Waals surface area contributed by atoms with E-state index >= 15 is 0 Å². The van der Waals surface area contributed by atoms with Crippen molar-refractivity contribution in [2.45, 2.75) is 25.7 Å². The van der Waals surface area contributed by atoms with Gasteiger partial charge in [0.15, 0.2) is 0 Å². The van der Waals surface area contributed by atoms with E-state index in [2.05, 4.69) is 31.2 Å². The number of benzene rings is 2. The largest absolute Gasteiger partial charge is 0.273 e. The summed E-state index contributed by atoms with van der Waals surface area (Å²) in [5.41, 5.74) is 3.59. The van der Waals surface area contributed by atoms with Crippen molar-refractivity contribution in [3.05, 3.63) is 71.3 Å². The zero-order valence-electron chi connectivity index (χ0n) is 12.9. The SMILES string of the molecule is Cc1ccccc1[C@@H](CC(=O)N1CCCO1)c1ccccc1. The molecule has 0 N–H and O–H groups in total. The van der Waals surface area contributed by atoms with Crippen molar-refractivity contribution < 1.29 is 9.63 Å².